The number of rotatable bonds is 2. The van der Waals surface area contributed by atoms with Crippen molar-refractivity contribution in [3.05, 3.63) is 30.1 Å². The molecule has 0 aliphatic carbocycles. The van der Waals surface area contributed by atoms with Crippen LogP contribution in [-0.4, -0.2) is 27.4 Å². The summed E-state index contributed by atoms with van der Waals surface area (Å²) in [6.45, 7) is 3.34. The van der Waals surface area contributed by atoms with E-state index in [-0.39, 0.29) is 0 Å². The first-order chi connectivity index (χ1) is 8.83. The molecule has 0 saturated carbocycles. The van der Waals surface area contributed by atoms with E-state index in [1.807, 2.05) is 22.6 Å². The van der Waals surface area contributed by atoms with Crippen LogP contribution in [0.5, 0.6) is 0 Å². The molecular formula is C14H20N4. The molecule has 0 unspecified atom stereocenters. The van der Waals surface area contributed by atoms with Crippen molar-refractivity contribution in [2.75, 3.05) is 18.8 Å². The highest BCUT2D eigenvalue weighted by atomic mass is 15.1. The summed E-state index contributed by atoms with van der Waals surface area (Å²) < 4.78 is 1.97. The second-order valence-electron chi connectivity index (χ2n) is 5.10. The summed E-state index contributed by atoms with van der Waals surface area (Å²) in [6.07, 6.45) is 7.43. The number of aromatic nitrogens is 2. The van der Waals surface area contributed by atoms with Gasteiger partial charge < -0.3 is 5.73 Å². The predicted molar refractivity (Wildman–Crippen MR) is 73.3 cm³/mol. The van der Waals surface area contributed by atoms with E-state index in [0.717, 1.165) is 23.7 Å². The number of hydrogen-bond acceptors (Lipinski definition) is 3. The molecule has 0 aromatic carbocycles. The minimum absolute atomic E-state index is 0.752. The molecule has 2 aromatic rings. The van der Waals surface area contributed by atoms with Gasteiger partial charge in [0.2, 0.25) is 0 Å². The lowest BCUT2D eigenvalue weighted by Crippen LogP contribution is -2.24. The highest BCUT2D eigenvalue weighted by Crippen LogP contribution is 2.15. The number of nitrogens with zero attached hydrogens (tertiary/aromatic N) is 3. The van der Waals surface area contributed by atoms with Crippen molar-refractivity contribution in [1.29, 1.82) is 0 Å². The zero-order chi connectivity index (χ0) is 12.4. The maximum absolute atomic E-state index is 5.94. The Labute approximate surface area is 107 Å². The largest absolute Gasteiger partial charge is 0.385 e. The van der Waals surface area contributed by atoms with Crippen LogP contribution in [0.4, 0.5) is 5.82 Å². The van der Waals surface area contributed by atoms with Gasteiger partial charge in [0.05, 0.1) is 5.69 Å². The molecule has 4 nitrogen and oxygen atoms in total. The average molecular weight is 244 g/mol. The van der Waals surface area contributed by atoms with Crippen LogP contribution in [0.2, 0.25) is 0 Å². The quantitative estimate of drug-likeness (QED) is 0.881. The number of pyridine rings is 1. The first-order valence-corrected chi connectivity index (χ1v) is 6.78. The number of likely N-dealkylation sites (tertiary alicyclic amines) is 1. The van der Waals surface area contributed by atoms with E-state index >= 15 is 0 Å². The lowest BCUT2D eigenvalue weighted by molar-refractivity contribution is 0.274. The summed E-state index contributed by atoms with van der Waals surface area (Å²) in [4.78, 5) is 7.14. The molecule has 18 heavy (non-hydrogen) atoms. The van der Waals surface area contributed by atoms with Crippen molar-refractivity contribution in [3.8, 4) is 0 Å². The highest BCUT2D eigenvalue weighted by molar-refractivity contribution is 5.48. The van der Waals surface area contributed by atoms with Gasteiger partial charge in [-0.3, -0.25) is 9.30 Å². The number of imidazole rings is 1. The van der Waals surface area contributed by atoms with Gasteiger partial charge in [0.25, 0.3) is 0 Å². The molecule has 2 aromatic heterocycles. The highest BCUT2D eigenvalue weighted by Gasteiger charge is 2.11. The van der Waals surface area contributed by atoms with Gasteiger partial charge in [-0.05, 0) is 38.1 Å². The van der Waals surface area contributed by atoms with E-state index < -0.39 is 0 Å². The van der Waals surface area contributed by atoms with Crippen LogP contribution in [0, 0.1) is 0 Å². The monoisotopic (exact) mass is 244 g/mol. The smallest absolute Gasteiger partial charge is 0.138 e. The van der Waals surface area contributed by atoms with Crippen LogP contribution >= 0.6 is 0 Å². The Hall–Kier alpha value is -1.55. The number of fused-ring (bicyclic) bond motifs is 1. The van der Waals surface area contributed by atoms with Crippen LogP contribution in [0.1, 0.15) is 31.4 Å². The van der Waals surface area contributed by atoms with Crippen molar-refractivity contribution in [2.45, 2.75) is 32.2 Å². The van der Waals surface area contributed by atoms with Gasteiger partial charge in [-0.2, -0.15) is 0 Å². The fourth-order valence-electron chi connectivity index (χ4n) is 2.68. The third-order valence-electron chi connectivity index (χ3n) is 3.66. The standard InChI is InChI=1S/C14H20N4/c15-13-6-5-7-14-16-12(11-18(13)14)10-17-8-3-1-2-4-9-17/h5-7,11H,1-4,8-10,15H2. The van der Waals surface area contributed by atoms with Crippen LogP contribution < -0.4 is 5.73 Å². The van der Waals surface area contributed by atoms with Gasteiger partial charge in [-0.15, -0.1) is 0 Å². The summed E-state index contributed by atoms with van der Waals surface area (Å²) in [6, 6.07) is 5.86. The Kier molecular flexibility index (Phi) is 3.19. The number of hydrogen-bond donors (Lipinski definition) is 1. The SMILES string of the molecule is Nc1cccc2nc(CN3CCCCCC3)cn12. The molecule has 0 spiro atoms. The Bertz CT molecular complexity index is 524. The molecule has 0 amide bonds. The van der Waals surface area contributed by atoms with E-state index in [0.29, 0.717) is 0 Å². The van der Waals surface area contributed by atoms with Gasteiger partial charge in [0.1, 0.15) is 11.5 Å². The molecule has 1 aliphatic heterocycles. The zero-order valence-corrected chi connectivity index (χ0v) is 10.7. The molecule has 0 bridgehead atoms. The molecular weight excluding hydrogens is 224 g/mol. The number of nitrogens with two attached hydrogens (primary N) is 1. The van der Waals surface area contributed by atoms with E-state index in [9.17, 15) is 0 Å². The third kappa shape index (κ3) is 2.34. The van der Waals surface area contributed by atoms with Gasteiger partial charge in [-0.25, -0.2) is 4.98 Å². The van der Waals surface area contributed by atoms with Crippen LogP contribution in [-0.2, 0) is 6.54 Å². The second kappa shape index (κ2) is 4.98. The maximum Gasteiger partial charge on any atom is 0.138 e. The minimum Gasteiger partial charge on any atom is -0.385 e. The van der Waals surface area contributed by atoms with Crippen molar-refractivity contribution in [2.24, 2.45) is 0 Å². The van der Waals surface area contributed by atoms with Crippen molar-refractivity contribution < 1.29 is 0 Å². The lowest BCUT2D eigenvalue weighted by atomic mass is 10.2. The molecule has 96 valence electrons. The van der Waals surface area contributed by atoms with E-state index in [1.54, 1.807) is 0 Å². The van der Waals surface area contributed by atoms with Gasteiger partial charge in [-0.1, -0.05) is 18.9 Å². The Morgan fingerprint density at radius 2 is 1.89 bits per heavy atom. The van der Waals surface area contributed by atoms with E-state index in [2.05, 4.69) is 16.1 Å². The number of nitrogen functional groups attached to an aromatic ring is 1. The molecule has 0 radical (unpaired) electrons. The predicted octanol–water partition coefficient (Wildman–Crippen LogP) is 2.29. The first kappa shape index (κ1) is 11.5. The number of anilines is 1. The van der Waals surface area contributed by atoms with Crippen LogP contribution in [0.3, 0.4) is 0 Å². The molecule has 2 N–H and O–H groups in total. The first-order valence-electron chi connectivity index (χ1n) is 6.78. The molecule has 4 heteroatoms. The van der Waals surface area contributed by atoms with Crippen molar-refractivity contribution >= 4 is 11.5 Å². The fraction of sp³-hybridized carbons (Fsp3) is 0.500. The van der Waals surface area contributed by atoms with Gasteiger partial charge >= 0.3 is 0 Å². The molecule has 1 aliphatic rings. The lowest BCUT2D eigenvalue weighted by Gasteiger charge is -2.17. The van der Waals surface area contributed by atoms with Crippen molar-refractivity contribution in [1.82, 2.24) is 14.3 Å². The normalized spacial score (nSPS) is 18.0. The Balaban J connectivity index is 1.79. The summed E-state index contributed by atoms with van der Waals surface area (Å²) in [5.41, 5.74) is 8.00. The summed E-state index contributed by atoms with van der Waals surface area (Å²) in [5.74, 6) is 0.752. The minimum atomic E-state index is 0.752. The topological polar surface area (TPSA) is 46.6 Å². The molecule has 1 fully saturated rings. The average Bonchev–Trinajstić information content (AvgIpc) is 2.60. The third-order valence-corrected chi connectivity index (χ3v) is 3.66. The van der Waals surface area contributed by atoms with Crippen LogP contribution in [0.25, 0.3) is 5.65 Å². The fourth-order valence-corrected chi connectivity index (χ4v) is 2.68. The molecule has 3 rings (SSSR count). The Morgan fingerprint density at radius 3 is 2.61 bits per heavy atom. The zero-order valence-electron chi connectivity index (χ0n) is 10.7. The molecule has 0 atom stereocenters. The van der Waals surface area contributed by atoms with E-state index in [1.165, 1.54) is 38.8 Å². The maximum atomic E-state index is 5.94. The van der Waals surface area contributed by atoms with E-state index in [4.69, 9.17) is 5.73 Å². The van der Waals surface area contributed by atoms with Crippen LogP contribution in [0.15, 0.2) is 24.4 Å². The molecule has 3 heterocycles. The summed E-state index contributed by atoms with van der Waals surface area (Å²) in [5, 5.41) is 0. The van der Waals surface area contributed by atoms with Gasteiger partial charge in [0.15, 0.2) is 0 Å². The Morgan fingerprint density at radius 1 is 1.11 bits per heavy atom. The van der Waals surface area contributed by atoms with Crippen molar-refractivity contribution in [3.63, 3.8) is 0 Å². The summed E-state index contributed by atoms with van der Waals surface area (Å²) >= 11 is 0. The molecule has 1 saturated heterocycles. The summed E-state index contributed by atoms with van der Waals surface area (Å²) in [7, 11) is 0. The second-order valence-corrected chi connectivity index (χ2v) is 5.10. The van der Waals surface area contributed by atoms with Gasteiger partial charge in [0, 0.05) is 12.7 Å².